The van der Waals surface area contributed by atoms with Crippen molar-refractivity contribution in [3.63, 3.8) is 0 Å². The molecular weight excluding hydrogens is 390 g/mol. The molecule has 8 heteroatoms. The molecule has 0 spiro atoms. The summed E-state index contributed by atoms with van der Waals surface area (Å²) >= 11 is 1.45. The Morgan fingerprint density at radius 2 is 1.93 bits per heavy atom. The van der Waals surface area contributed by atoms with Gasteiger partial charge in [0.25, 0.3) is 5.91 Å². The zero-order valence-corrected chi connectivity index (χ0v) is 16.4. The number of hydrogen-bond acceptors (Lipinski definition) is 6. The molecular formula is C21H17N3O4S. The lowest BCUT2D eigenvalue weighted by molar-refractivity contribution is -0.157. The molecule has 2 amide bonds. The number of esters is 1. The third-order valence-corrected chi connectivity index (χ3v) is 6.54. The van der Waals surface area contributed by atoms with Gasteiger partial charge in [0.15, 0.2) is 0 Å². The number of rotatable bonds is 3. The monoisotopic (exact) mass is 407 g/mol. The molecule has 2 aliphatic rings. The van der Waals surface area contributed by atoms with E-state index < -0.39 is 11.6 Å². The highest BCUT2D eigenvalue weighted by molar-refractivity contribution is 7.18. The number of carbonyl (C=O) groups is 3. The fourth-order valence-corrected chi connectivity index (χ4v) is 5.00. The van der Waals surface area contributed by atoms with E-state index in [0.717, 1.165) is 10.2 Å². The van der Waals surface area contributed by atoms with Crippen molar-refractivity contribution in [2.24, 2.45) is 0 Å². The smallest absolute Gasteiger partial charge is 0.354 e. The van der Waals surface area contributed by atoms with Crippen molar-refractivity contribution in [1.29, 1.82) is 0 Å². The molecule has 29 heavy (non-hydrogen) atoms. The Morgan fingerprint density at radius 3 is 2.76 bits per heavy atom. The number of likely N-dealkylation sites (N-methyl/N-ethyl adjacent to an activating group) is 1. The fraction of sp³-hybridized carbons (Fsp3) is 0.238. The number of ether oxygens (including phenoxy) is 1. The first-order valence-corrected chi connectivity index (χ1v) is 10.1. The third kappa shape index (κ3) is 2.49. The molecule has 0 unspecified atom stereocenters. The predicted octanol–water partition coefficient (Wildman–Crippen LogP) is 2.95. The van der Waals surface area contributed by atoms with Gasteiger partial charge >= 0.3 is 5.97 Å². The Bertz CT molecular complexity index is 1140. The molecule has 1 fully saturated rings. The molecule has 0 N–H and O–H groups in total. The number of thiazole rings is 1. The van der Waals surface area contributed by atoms with Crippen LogP contribution in [0.15, 0.2) is 48.5 Å². The summed E-state index contributed by atoms with van der Waals surface area (Å²) in [7, 11) is 1.54. The largest absolute Gasteiger partial charge is 0.455 e. The van der Waals surface area contributed by atoms with Crippen molar-refractivity contribution < 1.29 is 19.1 Å². The molecule has 146 valence electrons. The summed E-state index contributed by atoms with van der Waals surface area (Å²) in [5.74, 6) is -1.12. The molecule has 1 atom stereocenters. The van der Waals surface area contributed by atoms with Gasteiger partial charge < -0.3 is 9.64 Å². The van der Waals surface area contributed by atoms with Crippen LogP contribution in [0.1, 0.15) is 28.2 Å². The summed E-state index contributed by atoms with van der Waals surface area (Å²) in [5, 5.41) is 0.664. The quantitative estimate of drug-likeness (QED) is 0.624. The molecule has 2 aromatic carbocycles. The Kier molecular flexibility index (Phi) is 3.92. The van der Waals surface area contributed by atoms with Crippen LogP contribution >= 0.6 is 11.3 Å². The van der Waals surface area contributed by atoms with Crippen molar-refractivity contribution in [2.75, 3.05) is 11.9 Å². The Morgan fingerprint density at radius 1 is 1.17 bits per heavy atom. The maximum Gasteiger partial charge on any atom is 0.354 e. The summed E-state index contributed by atoms with van der Waals surface area (Å²) in [6.07, 6.45) is 0.364. The number of fused-ring (bicyclic) bond motifs is 4. The molecule has 2 aliphatic heterocycles. The minimum absolute atomic E-state index is 0.00830. The van der Waals surface area contributed by atoms with E-state index in [-0.39, 0.29) is 31.3 Å². The van der Waals surface area contributed by atoms with E-state index in [4.69, 9.17) is 4.74 Å². The van der Waals surface area contributed by atoms with E-state index in [1.54, 1.807) is 31.3 Å². The Hall–Kier alpha value is -3.26. The van der Waals surface area contributed by atoms with Gasteiger partial charge in [-0.15, -0.1) is 11.3 Å². The lowest BCUT2D eigenvalue weighted by Crippen LogP contribution is -2.67. The molecule has 0 saturated carbocycles. The number of benzene rings is 2. The maximum absolute atomic E-state index is 13.3. The summed E-state index contributed by atoms with van der Waals surface area (Å²) in [6, 6.07) is 14.5. The van der Waals surface area contributed by atoms with Crippen LogP contribution in [0.2, 0.25) is 0 Å². The van der Waals surface area contributed by atoms with Crippen LogP contribution < -0.4 is 4.90 Å². The summed E-state index contributed by atoms with van der Waals surface area (Å²) < 4.78 is 6.61. The van der Waals surface area contributed by atoms with Gasteiger partial charge in [-0.3, -0.25) is 14.5 Å². The minimum atomic E-state index is -1.46. The number of carbonyl (C=O) groups excluding carboxylic acids is 3. The number of nitrogens with zero attached hydrogens (tertiary/aromatic N) is 3. The van der Waals surface area contributed by atoms with E-state index in [1.807, 2.05) is 24.3 Å². The highest BCUT2D eigenvalue weighted by atomic mass is 32.1. The van der Waals surface area contributed by atoms with E-state index in [0.29, 0.717) is 16.3 Å². The van der Waals surface area contributed by atoms with Gasteiger partial charge in [-0.2, -0.15) is 0 Å². The first kappa shape index (κ1) is 17.8. The average molecular weight is 407 g/mol. The van der Waals surface area contributed by atoms with Crippen LogP contribution in [0, 0.1) is 0 Å². The Labute approximate surface area is 170 Å². The topological polar surface area (TPSA) is 79.8 Å². The molecule has 0 bridgehead atoms. The molecule has 3 heterocycles. The van der Waals surface area contributed by atoms with Gasteiger partial charge in [-0.25, -0.2) is 9.78 Å². The second-order valence-corrected chi connectivity index (χ2v) is 8.19. The van der Waals surface area contributed by atoms with Crippen molar-refractivity contribution in [1.82, 2.24) is 9.88 Å². The zero-order valence-electron chi connectivity index (χ0n) is 15.6. The molecule has 7 nitrogen and oxygen atoms in total. The van der Waals surface area contributed by atoms with Gasteiger partial charge in [0.05, 0.1) is 21.5 Å². The average Bonchev–Trinajstić information content (AvgIpc) is 3.32. The molecule has 1 saturated heterocycles. The number of hydrogen-bond donors (Lipinski definition) is 0. The van der Waals surface area contributed by atoms with E-state index in [1.165, 1.54) is 21.1 Å². The van der Waals surface area contributed by atoms with Gasteiger partial charge in [0.2, 0.25) is 11.6 Å². The highest BCUT2D eigenvalue weighted by Gasteiger charge is 2.60. The van der Waals surface area contributed by atoms with Gasteiger partial charge in [0, 0.05) is 19.9 Å². The molecule has 5 rings (SSSR count). The number of amides is 2. The van der Waals surface area contributed by atoms with Gasteiger partial charge in [0.1, 0.15) is 11.6 Å². The number of anilines is 1. The minimum Gasteiger partial charge on any atom is -0.455 e. The second kappa shape index (κ2) is 6.38. The number of para-hydroxylation sites is 2. The lowest BCUT2D eigenvalue weighted by atomic mass is 9.97. The number of aromatic nitrogens is 1. The highest BCUT2D eigenvalue weighted by Crippen LogP contribution is 2.44. The molecule has 3 aromatic rings. The second-order valence-electron chi connectivity index (χ2n) is 7.08. The normalized spacial score (nSPS) is 20.7. The molecule has 0 aliphatic carbocycles. The van der Waals surface area contributed by atoms with Crippen LogP contribution in [-0.2, 0) is 20.9 Å². The first-order valence-electron chi connectivity index (χ1n) is 9.24. The van der Waals surface area contributed by atoms with Gasteiger partial charge in [-0.1, -0.05) is 24.3 Å². The van der Waals surface area contributed by atoms with Crippen LogP contribution in [0.25, 0.3) is 10.2 Å². The van der Waals surface area contributed by atoms with Crippen LogP contribution in [0.5, 0.6) is 0 Å². The van der Waals surface area contributed by atoms with Crippen LogP contribution in [-0.4, -0.2) is 40.4 Å². The van der Waals surface area contributed by atoms with Gasteiger partial charge in [-0.05, 0) is 24.3 Å². The van der Waals surface area contributed by atoms with Crippen molar-refractivity contribution >= 4 is 45.0 Å². The van der Waals surface area contributed by atoms with Crippen molar-refractivity contribution in [3.05, 3.63) is 59.1 Å². The lowest BCUT2D eigenvalue weighted by Gasteiger charge is -2.46. The zero-order chi connectivity index (χ0) is 20.2. The standard InChI is InChI=1S/C21H17N3O4S/c1-23-19(26)13-6-2-4-8-15(13)24-18(25)10-11-21(23,24)20(27)28-12-17-22-14-7-3-5-9-16(14)29-17/h2-9H,10-12H2,1H3/t21-/m0/s1. The van der Waals surface area contributed by atoms with E-state index >= 15 is 0 Å². The Balaban J connectivity index is 1.48. The summed E-state index contributed by atoms with van der Waals surface area (Å²) in [4.78, 5) is 46.1. The molecule has 1 aromatic heterocycles. The van der Waals surface area contributed by atoms with Crippen LogP contribution in [0.3, 0.4) is 0 Å². The van der Waals surface area contributed by atoms with Crippen LogP contribution in [0.4, 0.5) is 5.69 Å². The maximum atomic E-state index is 13.3. The third-order valence-electron chi connectivity index (χ3n) is 5.53. The van der Waals surface area contributed by atoms with E-state index in [2.05, 4.69) is 4.98 Å². The first-order chi connectivity index (χ1) is 14.0. The summed E-state index contributed by atoms with van der Waals surface area (Å²) in [6.45, 7) is -0.00830. The molecule has 0 radical (unpaired) electrons. The fourth-order valence-electron chi connectivity index (χ4n) is 4.12. The van der Waals surface area contributed by atoms with Crippen molar-refractivity contribution in [2.45, 2.75) is 25.1 Å². The SMILES string of the molecule is CN1C(=O)c2ccccc2N2C(=O)CC[C@]12C(=O)OCc1nc2ccccc2s1. The van der Waals surface area contributed by atoms with E-state index in [9.17, 15) is 14.4 Å². The van der Waals surface area contributed by atoms with Crippen molar-refractivity contribution in [3.8, 4) is 0 Å². The predicted molar refractivity (Wildman–Crippen MR) is 107 cm³/mol. The summed E-state index contributed by atoms with van der Waals surface area (Å²) in [5.41, 5.74) is 0.243.